The second-order valence-electron chi connectivity index (χ2n) is 8.59. The maximum absolute atomic E-state index is 13.1. The predicted molar refractivity (Wildman–Crippen MR) is 141 cm³/mol. The molecule has 9 nitrogen and oxygen atoms in total. The maximum atomic E-state index is 13.1. The van der Waals surface area contributed by atoms with Crippen LogP contribution in [0.25, 0.3) is 17.3 Å². The lowest BCUT2D eigenvalue weighted by atomic mass is 10.2. The number of carbonyl (C=O) groups excluding carboxylic acids is 1. The summed E-state index contributed by atoms with van der Waals surface area (Å²) in [6.45, 7) is 4.02. The topological polar surface area (TPSA) is 85.9 Å². The molecule has 0 spiro atoms. The van der Waals surface area contributed by atoms with Crippen molar-refractivity contribution in [3.63, 3.8) is 0 Å². The molecule has 2 aromatic carbocycles. The van der Waals surface area contributed by atoms with Gasteiger partial charge in [-0.1, -0.05) is 42.1 Å². The minimum Gasteiger partial charge on any atom is -0.497 e. The SMILES string of the molecule is COc1ccc(OC)c(-n2c(SCC(=O)N3CCN(Cc4ccccc4)CC3)nnc2-c2ccco2)c1. The Hall–Kier alpha value is -3.76. The highest BCUT2D eigenvalue weighted by Gasteiger charge is 2.25. The van der Waals surface area contributed by atoms with Gasteiger partial charge in [-0.2, -0.15) is 0 Å². The van der Waals surface area contributed by atoms with Gasteiger partial charge >= 0.3 is 0 Å². The summed E-state index contributed by atoms with van der Waals surface area (Å²) in [6, 6.07) is 19.5. The van der Waals surface area contributed by atoms with E-state index in [0.29, 0.717) is 47.0 Å². The van der Waals surface area contributed by atoms with Crippen molar-refractivity contribution in [1.29, 1.82) is 0 Å². The van der Waals surface area contributed by atoms with E-state index in [4.69, 9.17) is 13.9 Å². The van der Waals surface area contributed by atoms with E-state index < -0.39 is 0 Å². The van der Waals surface area contributed by atoms with E-state index in [2.05, 4.69) is 39.4 Å². The summed E-state index contributed by atoms with van der Waals surface area (Å²) < 4.78 is 18.5. The monoisotopic (exact) mass is 519 g/mol. The third kappa shape index (κ3) is 5.65. The van der Waals surface area contributed by atoms with Gasteiger partial charge in [-0.25, -0.2) is 0 Å². The maximum Gasteiger partial charge on any atom is 0.233 e. The van der Waals surface area contributed by atoms with Crippen LogP contribution in [-0.2, 0) is 11.3 Å². The van der Waals surface area contributed by atoms with Crippen LogP contribution < -0.4 is 9.47 Å². The molecule has 1 fully saturated rings. The third-order valence-electron chi connectivity index (χ3n) is 6.30. The van der Waals surface area contributed by atoms with Gasteiger partial charge in [0.15, 0.2) is 10.9 Å². The Morgan fingerprint density at radius 1 is 0.973 bits per heavy atom. The normalized spacial score (nSPS) is 14.1. The van der Waals surface area contributed by atoms with Gasteiger partial charge in [-0.3, -0.25) is 14.3 Å². The summed E-state index contributed by atoms with van der Waals surface area (Å²) in [4.78, 5) is 17.4. The number of aromatic nitrogens is 3. The molecular formula is C27H29N5O4S. The highest BCUT2D eigenvalue weighted by atomic mass is 32.2. The first-order valence-electron chi connectivity index (χ1n) is 12.0. The molecule has 4 aromatic rings. The molecule has 3 heterocycles. The van der Waals surface area contributed by atoms with Gasteiger partial charge in [-0.05, 0) is 29.8 Å². The van der Waals surface area contributed by atoms with Crippen LogP contribution in [0.4, 0.5) is 0 Å². The molecule has 1 amide bonds. The number of nitrogens with zero attached hydrogens (tertiary/aromatic N) is 5. The number of piperazine rings is 1. The highest BCUT2D eigenvalue weighted by Crippen LogP contribution is 2.35. The Morgan fingerprint density at radius 3 is 2.49 bits per heavy atom. The number of ether oxygens (including phenoxy) is 2. The van der Waals surface area contributed by atoms with Crippen molar-refractivity contribution in [2.24, 2.45) is 0 Å². The fourth-order valence-electron chi connectivity index (χ4n) is 4.33. The zero-order valence-electron chi connectivity index (χ0n) is 20.9. The van der Waals surface area contributed by atoms with Crippen molar-refractivity contribution in [2.45, 2.75) is 11.7 Å². The molecule has 0 radical (unpaired) electrons. The molecule has 10 heteroatoms. The average Bonchev–Trinajstić information content (AvgIpc) is 3.62. The van der Waals surface area contributed by atoms with Crippen molar-refractivity contribution in [3.05, 3.63) is 72.5 Å². The minimum absolute atomic E-state index is 0.0797. The van der Waals surface area contributed by atoms with Gasteiger partial charge in [0.05, 0.1) is 31.9 Å². The zero-order valence-corrected chi connectivity index (χ0v) is 21.7. The van der Waals surface area contributed by atoms with Crippen LogP contribution in [0.2, 0.25) is 0 Å². The summed E-state index contributed by atoms with van der Waals surface area (Å²) in [7, 11) is 3.22. The first-order valence-corrected chi connectivity index (χ1v) is 13.0. The number of hydrogen-bond acceptors (Lipinski definition) is 8. The van der Waals surface area contributed by atoms with Crippen molar-refractivity contribution >= 4 is 17.7 Å². The van der Waals surface area contributed by atoms with Crippen LogP contribution in [0, 0.1) is 0 Å². The lowest BCUT2D eigenvalue weighted by Gasteiger charge is -2.34. The molecule has 0 bridgehead atoms. The van der Waals surface area contributed by atoms with Crippen molar-refractivity contribution in [2.75, 3.05) is 46.2 Å². The molecule has 0 aliphatic carbocycles. The highest BCUT2D eigenvalue weighted by molar-refractivity contribution is 7.99. The molecular weight excluding hydrogens is 490 g/mol. The second-order valence-corrected chi connectivity index (χ2v) is 9.53. The van der Waals surface area contributed by atoms with Crippen LogP contribution in [-0.4, -0.2) is 76.6 Å². The lowest BCUT2D eigenvalue weighted by molar-refractivity contribution is -0.130. The molecule has 192 valence electrons. The van der Waals surface area contributed by atoms with E-state index in [9.17, 15) is 4.79 Å². The third-order valence-corrected chi connectivity index (χ3v) is 7.21. The molecule has 1 saturated heterocycles. The van der Waals surface area contributed by atoms with E-state index in [1.807, 2.05) is 39.8 Å². The largest absolute Gasteiger partial charge is 0.497 e. The van der Waals surface area contributed by atoms with E-state index in [0.717, 1.165) is 19.6 Å². The van der Waals surface area contributed by atoms with Crippen molar-refractivity contribution in [1.82, 2.24) is 24.6 Å². The molecule has 0 saturated carbocycles. The molecule has 0 N–H and O–H groups in total. The van der Waals surface area contributed by atoms with Gasteiger partial charge in [-0.15, -0.1) is 10.2 Å². The number of carbonyl (C=O) groups is 1. The Labute approximate surface area is 220 Å². The van der Waals surface area contributed by atoms with Crippen LogP contribution in [0.5, 0.6) is 11.5 Å². The quantitative estimate of drug-likeness (QED) is 0.307. The van der Waals surface area contributed by atoms with E-state index in [1.165, 1.54) is 17.3 Å². The van der Waals surface area contributed by atoms with Crippen LogP contribution in [0.15, 0.2) is 76.5 Å². The molecule has 1 aliphatic rings. The van der Waals surface area contributed by atoms with Gasteiger partial charge in [0.1, 0.15) is 11.5 Å². The number of hydrogen-bond donors (Lipinski definition) is 0. The number of methoxy groups -OCH3 is 2. The number of benzene rings is 2. The number of rotatable bonds is 9. The fraction of sp³-hybridized carbons (Fsp3) is 0.296. The zero-order chi connectivity index (χ0) is 25.6. The van der Waals surface area contributed by atoms with Crippen molar-refractivity contribution < 1.29 is 18.7 Å². The van der Waals surface area contributed by atoms with Gasteiger partial charge in [0.25, 0.3) is 0 Å². The Bertz CT molecular complexity index is 1320. The summed E-state index contributed by atoms with van der Waals surface area (Å²) >= 11 is 1.34. The van der Waals surface area contributed by atoms with E-state index in [-0.39, 0.29) is 11.7 Å². The smallest absolute Gasteiger partial charge is 0.233 e. The average molecular weight is 520 g/mol. The minimum atomic E-state index is 0.0797. The van der Waals surface area contributed by atoms with Gasteiger partial charge in [0, 0.05) is 38.8 Å². The number of furan rings is 1. The number of amides is 1. The standard InChI is InChI=1S/C27H29N5O4S/c1-34-21-10-11-23(35-2)22(17-21)32-26(24-9-6-16-36-24)28-29-27(32)37-19-25(33)31-14-12-30(13-15-31)18-20-7-4-3-5-8-20/h3-11,16-17H,12-15,18-19H2,1-2H3. The molecule has 5 rings (SSSR count). The Morgan fingerprint density at radius 2 is 1.78 bits per heavy atom. The molecule has 2 aromatic heterocycles. The summed E-state index contributed by atoms with van der Waals surface area (Å²) in [5, 5.41) is 9.34. The first-order chi connectivity index (χ1) is 18.2. The second kappa shape index (κ2) is 11.5. The molecule has 1 aliphatic heterocycles. The molecule has 0 unspecified atom stereocenters. The van der Waals surface area contributed by atoms with E-state index >= 15 is 0 Å². The Balaban J connectivity index is 1.30. The number of thioether (sulfide) groups is 1. The van der Waals surface area contributed by atoms with Gasteiger partial charge < -0.3 is 18.8 Å². The predicted octanol–water partition coefficient (Wildman–Crippen LogP) is 3.98. The lowest BCUT2D eigenvalue weighted by Crippen LogP contribution is -2.48. The molecule has 37 heavy (non-hydrogen) atoms. The van der Waals surface area contributed by atoms with E-state index in [1.54, 1.807) is 26.5 Å². The van der Waals surface area contributed by atoms with Crippen LogP contribution >= 0.6 is 11.8 Å². The first kappa shape index (κ1) is 24.9. The van der Waals surface area contributed by atoms with Crippen LogP contribution in [0.1, 0.15) is 5.56 Å². The Kier molecular flexibility index (Phi) is 7.76. The summed E-state index contributed by atoms with van der Waals surface area (Å²) in [5.41, 5.74) is 1.99. The fourth-order valence-corrected chi connectivity index (χ4v) is 5.18. The summed E-state index contributed by atoms with van der Waals surface area (Å²) in [5.74, 6) is 2.69. The van der Waals surface area contributed by atoms with Crippen LogP contribution in [0.3, 0.4) is 0 Å². The molecule has 0 atom stereocenters. The van der Waals surface area contributed by atoms with Gasteiger partial charge in [0.2, 0.25) is 11.7 Å². The van der Waals surface area contributed by atoms with Crippen molar-refractivity contribution in [3.8, 4) is 28.8 Å². The summed E-state index contributed by atoms with van der Waals surface area (Å²) in [6.07, 6.45) is 1.59.